The maximum Gasteiger partial charge on any atom is 0.337 e. The van der Waals surface area contributed by atoms with Crippen LogP contribution in [0, 0.1) is 5.82 Å². The second-order valence-corrected chi connectivity index (χ2v) is 9.12. The molecule has 9 heteroatoms. The lowest BCUT2D eigenvalue weighted by Gasteiger charge is -2.27. The summed E-state index contributed by atoms with van der Waals surface area (Å²) in [6.07, 6.45) is 0. The molecule has 0 bridgehead atoms. The number of benzene rings is 3. The lowest BCUT2D eigenvalue weighted by atomic mass is 10.0. The molecule has 33 heavy (non-hydrogen) atoms. The fourth-order valence-electron chi connectivity index (χ4n) is 3.70. The Kier molecular flexibility index (Phi) is 5.73. The Balaban J connectivity index is 1.92. The first-order valence-electron chi connectivity index (χ1n) is 9.76. The molecule has 1 atom stereocenters. The number of carbonyl (C=O) groups excluding carboxylic acids is 2. The van der Waals surface area contributed by atoms with E-state index in [-0.39, 0.29) is 16.1 Å². The van der Waals surface area contributed by atoms with Crippen LogP contribution in [0.2, 0.25) is 0 Å². The van der Waals surface area contributed by atoms with Gasteiger partial charge in [0, 0.05) is 5.69 Å². The van der Waals surface area contributed by atoms with E-state index in [0.717, 1.165) is 11.0 Å². The van der Waals surface area contributed by atoms with Crippen LogP contribution < -0.4 is 4.90 Å². The van der Waals surface area contributed by atoms with Crippen LogP contribution in [0.1, 0.15) is 22.0 Å². The number of aliphatic hydroxyl groups is 1. The standard InChI is InChI=1S/C24H18FNO6S/c1-32-24(29)16-12-10-15(11-13-16)20-22(33(30,31)19-8-3-2-4-9-19)21(27)23(28)26(20)18-7-5-6-17(25)14-18/h2-14,20,27H,1H3. The molecule has 3 aromatic carbocycles. The van der Waals surface area contributed by atoms with Gasteiger partial charge in [0.05, 0.1) is 17.6 Å². The highest BCUT2D eigenvalue weighted by molar-refractivity contribution is 7.95. The molecule has 1 amide bonds. The van der Waals surface area contributed by atoms with Crippen molar-refractivity contribution < 1.29 is 32.2 Å². The monoisotopic (exact) mass is 467 g/mol. The summed E-state index contributed by atoms with van der Waals surface area (Å²) in [6.45, 7) is 0. The number of anilines is 1. The van der Waals surface area contributed by atoms with Gasteiger partial charge in [-0.25, -0.2) is 17.6 Å². The Hall–Kier alpha value is -3.98. The number of hydrogen-bond acceptors (Lipinski definition) is 6. The topological polar surface area (TPSA) is 101 Å². The van der Waals surface area contributed by atoms with E-state index in [1.54, 1.807) is 6.07 Å². The number of sulfone groups is 1. The van der Waals surface area contributed by atoms with Gasteiger partial charge in [-0.1, -0.05) is 36.4 Å². The van der Waals surface area contributed by atoms with E-state index in [2.05, 4.69) is 4.74 Å². The average Bonchev–Trinajstić information content (AvgIpc) is 3.10. The lowest BCUT2D eigenvalue weighted by molar-refractivity contribution is -0.117. The van der Waals surface area contributed by atoms with E-state index in [9.17, 15) is 27.5 Å². The summed E-state index contributed by atoms with van der Waals surface area (Å²) in [6, 6.07) is 16.9. The second kappa shape index (κ2) is 8.51. The number of rotatable bonds is 5. The van der Waals surface area contributed by atoms with Gasteiger partial charge in [0.15, 0.2) is 5.76 Å². The van der Waals surface area contributed by atoms with Crippen LogP contribution in [0.4, 0.5) is 10.1 Å². The van der Waals surface area contributed by atoms with Gasteiger partial charge in [-0.2, -0.15) is 0 Å². The van der Waals surface area contributed by atoms with E-state index in [0.29, 0.717) is 5.56 Å². The minimum absolute atomic E-state index is 0.0619. The van der Waals surface area contributed by atoms with E-state index in [4.69, 9.17) is 0 Å². The average molecular weight is 467 g/mol. The van der Waals surface area contributed by atoms with E-state index >= 15 is 0 Å². The number of hydrogen-bond donors (Lipinski definition) is 1. The maximum atomic E-state index is 14.0. The molecule has 1 unspecified atom stereocenters. The summed E-state index contributed by atoms with van der Waals surface area (Å²) in [7, 11) is -3.09. The Morgan fingerprint density at radius 2 is 1.67 bits per heavy atom. The molecule has 0 aliphatic carbocycles. The zero-order chi connectivity index (χ0) is 23.8. The molecule has 1 heterocycles. The summed E-state index contributed by atoms with van der Waals surface area (Å²) in [4.78, 5) is 25.2. The van der Waals surface area contributed by atoms with Crippen LogP contribution in [0.5, 0.6) is 0 Å². The van der Waals surface area contributed by atoms with Crippen molar-refractivity contribution in [2.24, 2.45) is 0 Å². The van der Waals surface area contributed by atoms with Crippen molar-refractivity contribution in [3.05, 3.63) is 106 Å². The number of esters is 1. The van der Waals surface area contributed by atoms with E-state index < -0.39 is 44.2 Å². The molecular weight excluding hydrogens is 449 g/mol. The van der Waals surface area contributed by atoms with Gasteiger partial charge in [0.1, 0.15) is 16.8 Å². The van der Waals surface area contributed by atoms with Crippen LogP contribution in [0.25, 0.3) is 0 Å². The largest absolute Gasteiger partial charge is 0.502 e. The molecule has 1 N–H and O–H groups in total. The number of carbonyl (C=O) groups is 2. The molecule has 0 spiro atoms. The van der Waals surface area contributed by atoms with Crippen molar-refractivity contribution in [2.45, 2.75) is 10.9 Å². The molecule has 7 nitrogen and oxygen atoms in total. The zero-order valence-electron chi connectivity index (χ0n) is 17.3. The van der Waals surface area contributed by atoms with Crippen LogP contribution in [-0.4, -0.2) is 32.5 Å². The van der Waals surface area contributed by atoms with Crippen molar-refractivity contribution in [1.82, 2.24) is 0 Å². The quantitative estimate of drug-likeness (QED) is 0.571. The molecule has 3 aromatic rings. The number of ether oxygens (including phenoxy) is 1. The normalized spacial score (nSPS) is 16.2. The van der Waals surface area contributed by atoms with Crippen molar-refractivity contribution >= 4 is 27.4 Å². The van der Waals surface area contributed by atoms with Crippen LogP contribution in [-0.2, 0) is 19.4 Å². The van der Waals surface area contributed by atoms with E-state index in [1.807, 2.05) is 0 Å². The van der Waals surface area contributed by atoms with Crippen molar-refractivity contribution in [1.29, 1.82) is 0 Å². The molecule has 168 valence electrons. The SMILES string of the molecule is COC(=O)c1ccc(C2C(S(=O)(=O)c3ccccc3)=C(O)C(=O)N2c2cccc(F)c2)cc1. The smallest absolute Gasteiger partial charge is 0.337 e. The first-order chi connectivity index (χ1) is 15.8. The minimum Gasteiger partial charge on any atom is -0.502 e. The van der Waals surface area contributed by atoms with Crippen molar-refractivity contribution in [3.8, 4) is 0 Å². The highest BCUT2D eigenvalue weighted by Gasteiger charge is 2.47. The lowest BCUT2D eigenvalue weighted by Crippen LogP contribution is -2.31. The molecule has 0 fully saturated rings. The number of aliphatic hydroxyl groups excluding tert-OH is 1. The van der Waals surface area contributed by atoms with Gasteiger partial charge in [-0.15, -0.1) is 0 Å². The molecule has 1 aliphatic heterocycles. The van der Waals surface area contributed by atoms with Gasteiger partial charge >= 0.3 is 5.97 Å². The van der Waals surface area contributed by atoms with Crippen LogP contribution in [0.3, 0.4) is 0 Å². The maximum absolute atomic E-state index is 14.0. The summed E-state index contributed by atoms with van der Waals surface area (Å²) >= 11 is 0. The van der Waals surface area contributed by atoms with Crippen molar-refractivity contribution in [3.63, 3.8) is 0 Å². The third-order valence-electron chi connectivity index (χ3n) is 5.24. The molecule has 0 aromatic heterocycles. The van der Waals surface area contributed by atoms with E-state index in [1.165, 1.54) is 73.8 Å². The van der Waals surface area contributed by atoms with Crippen LogP contribution in [0.15, 0.2) is 94.4 Å². The molecule has 0 saturated heterocycles. The first kappa shape index (κ1) is 22.2. The first-order valence-corrected chi connectivity index (χ1v) is 11.2. The number of nitrogens with zero attached hydrogens (tertiary/aromatic N) is 1. The summed E-state index contributed by atoms with van der Waals surface area (Å²) < 4.78 is 45.6. The zero-order valence-corrected chi connectivity index (χ0v) is 18.1. The van der Waals surface area contributed by atoms with Gasteiger partial charge in [-0.05, 0) is 48.0 Å². The third kappa shape index (κ3) is 3.87. The Morgan fingerprint density at radius 1 is 1.00 bits per heavy atom. The summed E-state index contributed by atoms with van der Waals surface area (Å²) in [5, 5.41) is 10.7. The van der Waals surface area contributed by atoms with Crippen LogP contribution >= 0.6 is 0 Å². The highest BCUT2D eigenvalue weighted by atomic mass is 32.2. The molecule has 0 saturated carbocycles. The predicted molar refractivity (Wildman–Crippen MR) is 118 cm³/mol. The van der Waals surface area contributed by atoms with Gasteiger partial charge in [0.2, 0.25) is 9.84 Å². The minimum atomic E-state index is -4.32. The Morgan fingerprint density at radius 3 is 2.27 bits per heavy atom. The number of methoxy groups -OCH3 is 1. The number of halogens is 1. The fourth-order valence-corrected chi connectivity index (χ4v) is 5.34. The van der Waals surface area contributed by atoms with Crippen molar-refractivity contribution in [2.75, 3.05) is 12.0 Å². The second-order valence-electron chi connectivity index (χ2n) is 7.20. The Labute approximate surface area is 189 Å². The number of amides is 1. The molecular formula is C24H18FNO6S. The molecule has 4 rings (SSSR count). The summed E-state index contributed by atoms with van der Waals surface area (Å²) in [5.41, 5.74) is 0.564. The summed E-state index contributed by atoms with van der Waals surface area (Å²) in [5.74, 6) is -3.18. The van der Waals surface area contributed by atoms with Gasteiger partial charge in [0.25, 0.3) is 5.91 Å². The van der Waals surface area contributed by atoms with Gasteiger partial charge in [-0.3, -0.25) is 9.69 Å². The molecule has 1 aliphatic rings. The highest BCUT2D eigenvalue weighted by Crippen LogP contribution is 2.44. The molecule has 0 radical (unpaired) electrons. The third-order valence-corrected chi connectivity index (χ3v) is 7.13. The Bertz CT molecular complexity index is 1370. The van der Waals surface area contributed by atoms with Gasteiger partial charge < -0.3 is 9.84 Å². The fraction of sp³-hybridized carbons (Fsp3) is 0.0833. The predicted octanol–water partition coefficient (Wildman–Crippen LogP) is 3.94.